The fourth-order valence-electron chi connectivity index (χ4n) is 3.50. The first-order valence-electron chi connectivity index (χ1n) is 9.49. The van der Waals surface area contributed by atoms with Crippen LogP contribution < -0.4 is 5.32 Å². The number of hydrogen-bond acceptors (Lipinski definition) is 2. The first kappa shape index (κ1) is 18.6. The van der Waals surface area contributed by atoms with E-state index in [0.717, 1.165) is 23.4 Å². The molecule has 1 N–H and O–H groups in total. The van der Waals surface area contributed by atoms with E-state index in [0.29, 0.717) is 24.7 Å². The molecule has 0 bridgehead atoms. The lowest BCUT2D eigenvalue weighted by Crippen LogP contribution is -2.44. The van der Waals surface area contributed by atoms with Crippen LogP contribution in [0.4, 0.5) is 4.79 Å². The molecule has 1 aromatic heterocycles. The Bertz CT molecular complexity index is 952. The number of urea groups is 1. The highest BCUT2D eigenvalue weighted by atomic mass is 35.5. The highest BCUT2D eigenvalue weighted by Gasteiger charge is 2.23. The minimum absolute atomic E-state index is 0.0560. The number of benzene rings is 2. The molecule has 2 amide bonds. The summed E-state index contributed by atoms with van der Waals surface area (Å²) >= 11 is 5.94. The average molecular weight is 395 g/mol. The summed E-state index contributed by atoms with van der Waals surface area (Å²) in [6.07, 6.45) is 0.806. The number of rotatable bonds is 4. The Kier molecular flexibility index (Phi) is 5.35. The molecule has 1 aliphatic rings. The largest absolute Gasteiger partial charge is 0.331 e. The van der Waals surface area contributed by atoms with Crippen LogP contribution in [0.1, 0.15) is 35.5 Å². The summed E-state index contributed by atoms with van der Waals surface area (Å²) in [7, 11) is 0. The summed E-state index contributed by atoms with van der Waals surface area (Å²) in [6.45, 7) is 3.92. The van der Waals surface area contributed by atoms with Crippen LogP contribution in [0.25, 0.3) is 0 Å². The van der Waals surface area contributed by atoms with Crippen molar-refractivity contribution in [1.29, 1.82) is 0 Å². The predicted octanol–water partition coefficient (Wildman–Crippen LogP) is 4.41. The van der Waals surface area contributed by atoms with Crippen molar-refractivity contribution >= 4 is 17.6 Å². The van der Waals surface area contributed by atoms with Crippen LogP contribution >= 0.6 is 11.6 Å². The van der Waals surface area contributed by atoms with Crippen LogP contribution in [-0.2, 0) is 19.5 Å². The number of fused-ring (bicyclic) bond motifs is 1. The van der Waals surface area contributed by atoms with Crippen molar-refractivity contribution in [3.8, 4) is 0 Å². The summed E-state index contributed by atoms with van der Waals surface area (Å²) in [5, 5.41) is 8.47. The van der Waals surface area contributed by atoms with E-state index in [9.17, 15) is 4.79 Å². The van der Waals surface area contributed by atoms with E-state index in [1.165, 1.54) is 5.56 Å². The monoisotopic (exact) mass is 394 g/mol. The Morgan fingerprint density at radius 3 is 2.64 bits per heavy atom. The second kappa shape index (κ2) is 8.07. The molecule has 0 spiro atoms. The molecule has 0 aliphatic carbocycles. The Labute approximate surface area is 169 Å². The van der Waals surface area contributed by atoms with Gasteiger partial charge in [0, 0.05) is 18.0 Å². The molecule has 3 aromatic rings. The maximum atomic E-state index is 12.7. The molecule has 0 fully saturated rings. The molecule has 0 saturated carbocycles. The average Bonchev–Trinajstić information content (AvgIpc) is 3.10. The first-order valence-corrected chi connectivity index (χ1v) is 9.87. The number of nitrogens with one attached hydrogen (secondary N) is 1. The second-order valence-electron chi connectivity index (χ2n) is 7.16. The molecule has 1 atom stereocenters. The number of halogens is 1. The van der Waals surface area contributed by atoms with Gasteiger partial charge in [0.05, 0.1) is 30.5 Å². The van der Waals surface area contributed by atoms with Gasteiger partial charge in [0.1, 0.15) is 0 Å². The fraction of sp³-hybridized carbons (Fsp3) is 0.273. The molecule has 0 saturated heterocycles. The fourth-order valence-corrected chi connectivity index (χ4v) is 3.63. The zero-order valence-corrected chi connectivity index (χ0v) is 16.6. The van der Waals surface area contributed by atoms with Crippen LogP contribution in [0.15, 0.2) is 60.7 Å². The molecule has 28 heavy (non-hydrogen) atoms. The molecule has 6 heteroatoms. The molecule has 4 rings (SSSR count). The van der Waals surface area contributed by atoms with Crippen molar-refractivity contribution in [2.45, 2.75) is 32.5 Å². The number of carbonyl (C=O) groups is 1. The minimum atomic E-state index is -0.0785. The molecule has 5 nitrogen and oxygen atoms in total. The lowest BCUT2D eigenvalue weighted by atomic mass is 10.1. The van der Waals surface area contributed by atoms with Gasteiger partial charge in [-0.25, -0.2) is 4.79 Å². The molecule has 0 radical (unpaired) electrons. The predicted molar refractivity (Wildman–Crippen MR) is 110 cm³/mol. The van der Waals surface area contributed by atoms with Gasteiger partial charge < -0.3 is 10.2 Å². The molecule has 2 aromatic carbocycles. The number of amides is 2. The van der Waals surface area contributed by atoms with Gasteiger partial charge in [-0.3, -0.25) is 4.68 Å². The summed E-state index contributed by atoms with van der Waals surface area (Å²) in [4.78, 5) is 14.6. The van der Waals surface area contributed by atoms with Gasteiger partial charge in [0.15, 0.2) is 0 Å². The molecule has 0 unspecified atom stereocenters. The summed E-state index contributed by atoms with van der Waals surface area (Å²) in [6, 6.07) is 19.8. The van der Waals surface area contributed by atoms with Gasteiger partial charge >= 0.3 is 6.03 Å². The number of hydrogen-bond donors (Lipinski definition) is 1. The van der Waals surface area contributed by atoms with Crippen LogP contribution in [0, 0.1) is 0 Å². The lowest BCUT2D eigenvalue weighted by molar-refractivity contribution is 0.178. The third-order valence-electron chi connectivity index (χ3n) is 5.07. The summed E-state index contributed by atoms with van der Waals surface area (Å²) in [5.41, 5.74) is 4.39. The van der Waals surface area contributed by atoms with Crippen molar-refractivity contribution in [2.24, 2.45) is 0 Å². The van der Waals surface area contributed by atoms with Crippen LogP contribution in [-0.4, -0.2) is 27.3 Å². The molecular weight excluding hydrogens is 372 g/mol. The second-order valence-corrected chi connectivity index (χ2v) is 7.59. The Hall–Kier alpha value is -2.79. The van der Waals surface area contributed by atoms with E-state index in [1.807, 2.05) is 59.0 Å². The summed E-state index contributed by atoms with van der Waals surface area (Å²) in [5.74, 6) is 0. The highest BCUT2D eigenvalue weighted by molar-refractivity contribution is 6.30. The number of carbonyl (C=O) groups excluding carboxylic acids is 1. The van der Waals surface area contributed by atoms with E-state index in [4.69, 9.17) is 16.7 Å². The van der Waals surface area contributed by atoms with Gasteiger partial charge in [0.2, 0.25) is 0 Å². The number of nitrogens with zero attached hydrogens (tertiary/aromatic N) is 3. The van der Waals surface area contributed by atoms with E-state index >= 15 is 0 Å². The normalized spacial score (nSPS) is 14.4. The topological polar surface area (TPSA) is 50.2 Å². The lowest BCUT2D eigenvalue weighted by Gasteiger charge is -2.29. The Morgan fingerprint density at radius 2 is 1.89 bits per heavy atom. The van der Waals surface area contributed by atoms with Crippen molar-refractivity contribution in [2.75, 3.05) is 6.54 Å². The smallest absolute Gasteiger partial charge is 0.318 e. The van der Waals surface area contributed by atoms with E-state index < -0.39 is 0 Å². The van der Waals surface area contributed by atoms with Crippen molar-refractivity contribution in [3.63, 3.8) is 0 Å². The van der Waals surface area contributed by atoms with E-state index in [2.05, 4.69) is 23.5 Å². The van der Waals surface area contributed by atoms with Crippen molar-refractivity contribution < 1.29 is 4.79 Å². The molecule has 144 valence electrons. The van der Waals surface area contributed by atoms with Crippen LogP contribution in [0.3, 0.4) is 0 Å². The summed E-state index contributed by atoms with van der Waals surface area (Å²) < 4.78 is 2.02. The third kappa shape index (κ3) is 4.20. The van der Waals surface area contributed by atoms with Crippen LogP contribution in [0.5, 0.6) is 0 Å². The van der Waals surface area contributed by atoms with E-state index in [-0.39, 0.29) is 12.1 Å². The van der Waals surface area contributed by atoms with Gasteiger partial charge in [-0.05, 0) is 36.2 Å². The van der Waals surface area contributed by atoms with Crippen molar-refractivity contribution in [3.05, 3.63) is 88.2 Å². The highest BCUT2D eigenvalue weighted by Crippen LogP contribution is 2.19. The maximum absolute atomic E-state index is 12.7. The van der Waals surface area contributed by atoms with Crippen molar-refractivity contribution in [1.82, 2.24) is 20.0 Å². The molecule has 1 aliphatic heterocycles. The Morgan fingerprint density at radius 1 is 1.14 bits per heavy atom. The molecular formula is C22H23ClN4O. The van der Waals surface area contributed by atoms with E-state index in [1.54, 1.807) is 0 Å². The molecule has 2 heterocycles. The minimum Gasteiger partial charge on any atom is -0.331 e. The van der Waals surface area contributed by atoms with Gasteiger partial charge in [-0.1, -0.05) is 54.1 Å². The van der Waals surface area contributed by atoms with Gasteiger partial charge in [0.25, 0.3) is 0 Å². The SMILES string of the molecule is C[C@H](NC(=O)N1CCn2nc(Cc3ccccc3)cc2C1)c1ccc(Cl)cc1. The standard InChI is InChI=1S/C22H23ClN4O/c1-16(18-7-9-19(23)10-8-18)24-22(28)26-11-12-27-21(15-26)14-20(25-27)13-17-5-3-2-4-6-17/h2-10,14,16H,11-13,15H2,1H3,(H,24,28)/t16-/m0/s1. The zero-order chi connectivity index (χ0) is 19.5. The van der Waals surface area contributed by atoms with Gasteiger partial charge in [-0.15, -0.1) is 0 Å². The van der Waals surface area contributed by atoms with Crippen LogP contribution in [0.2, 0.25) is 5.02 Å². The zero-order valence-electron chi connectivity index (χ0n) is 15.8. The van der Waals surface area contributed by atoms with Gasteiger partial charge in [-0.2, -0.15) is 5.10 Å². The first-order chi connectivity index (χ1) is 13.6. The maximum Gasteiger partial charge on any atom is 0.318 e. The third-order valence-corrected chi connectivity index (χ3v) is 5.33. The number of aromatic nitrogens is 2. The quantitative estimate of drug-likeness (QED) is 0.712. The Balaban J connectivity index is 1.39.